The van der Waals surface area contributed by atoms with Gasteiger partial charge in [0.25, 0.3) is 0 Å². The molecule has 1 N–H and O–H groups in total. The van der Waals surface area contributed by atoms with Gasteiger partial charge in [0.15, 0.2) is 0 Å². The summed E-state index contributed by atoms with van der Waals surface area (Å²) in [6, 6.07) is 9.09. The molecule has 20 heavy (non-hydrogen) atoms. The highest BCUT2D eigenvalue weighted by molar-refractivity contribution is 9.11. The molecule has 2 aromatic rings. The minimum atomic E-state index is -0.231. The minimum Gasteiger partial charge on any atom is -0.497 e. The third kappa shape index (κ3) is 3.81. The van der Waals surface area contributed by atoms with Gasteiger partial charge in [-0.25, -0.2) is 4.39 Å². The summed E-state index contributed by atoms with van der Waals surface area (Å²) in [7, 11) is 1.54. The van der Waals surface area contributed by atoms with Gasteiger partial charge >= 0.3 is 0 Å². The van der Waals surface area contributed by atoms with Gasteiger partial charge in [-0.05, 0) is 40.7 Å². The van der Waals surface area contributed by atoms with Crippen LogP contribution in [0.3, 0.4) is 0 Å². The summed E-state index contributed by atoms with van der Waals surface area (Å²) >= 11 is 5.14. The number of rotatable bonds is 6. The maximum Gasteiger partial charge on any atom is 0.131 e. The number of benzene rings is 1. The Balaban J connectivity index is 2.23. The molecule has 0 aliphatic rings. The number of halogens is 2. The Morgan fingerprint density at radius 3 is 2.70 bits per heavy atom. The largest absolute Gasteiger partial charge is 0.497 e. The normalized spacial score (nSPS) is 12.4. The second kappa shape index (κ2) is 7.20. The lowest BCUT2D eigenvalue weighted by molar-refractivity contribution is 0.409. The van der Waals surface area contributed by atoms with Crippen LogP contribution in [-0.4, -0.2) is 13.7 Å². The smallest absolute Gasteiger partial charge is 0.131 e. The summed E-state index contributed by atoms with van der Waals surface area (Å²) in [6.45, 7) is 2.82. The van der Waals surface area contributed by atoms with E-state index >= 15 is 0 Å². The number of methoxy groups -OCH3 is 1. The Morgan fingerprint density at radius 2 is 2.15 bits per heavy atom. The van der Waals surface area contributed by atoms with Crippen molar-refractivity contribution >= 4 is 27.3 Å². The van der Waals surface area contributed by atoms with Crippen molar-refractivity contribution in [1.82, 2.24) is 5.32 Å². The fourth-order valence-corrected chi connectivity index (χ4v) is 3.65. The molecule has 2 nitrogen and oxygen atoms in total. The predicted octanol–water partition coefficient (Wildman–Crippen LogP) is 4.55. The molecule has 1 atom stereocenters. The highest BCUT2D eigenvalue weighted by Crippen LogP contribution is 2.29. The molecule has 0 saturated carbocycles. The van der Waals surface area contributed by atoms with Gasteiger partial charge in [-0.15, -0.1) is 11.3 Å². The van der Waals surface area contributed by atoms with Crippen LogP contribution in [0.25, 0.3) is 0 Å². The van der Waals surface area contributed by atoms with E-state index in [4.69, 9.17) is 4.74 Å². The van der Waals surface area contributed by atoms with Crippen LogP contribution in [0.5, 0.6) is 5.75 Å². The molecule has 5 heteroatoms. The van der Waals surface area contributed by atoms with E-state index in [1.807, 2.05) is 13.0 Å². The third-order valence-electron chi connectivity index (χ3n) is 3.07. The van der Waals surface area contributed by atoms with E-state index in [0.717, 1.165) is 16.8 Å². The van der Waals surface area contributed by atoms with Gasteiger partial charge < -0.3 is 10.1 Å². The molecule has 0 radical (unpaired) electrons. The standard InChI is InChI=1S/C15H17BrFNOS/c1-3-18-14(9-11-5-7-15(16)20-11)12-6-4-10(19-2)8-13(12)17/h4-8,14,18H,3,9H2,1-2H3. The monoisotopic (exact) mass is 357 g/mol. The molecule has 1 unspecified atom stereocenters. The molecule has 0 amide bonds. The van der Waals surface area contributed by atoms with Crippen LogP contribution in [-0.2, 0) is 6.42 Å². The summed E-state index contributed by atoms with van der Waals surface area (Å²) in [4.78, 5) is 1.22. The Kier molecular flexibility index (Phi) is 5.57. The van der Waals surface area contributed by atoms with Crippen LogP contribution in [0, 0.1) is 5.82 Å². The lowest BCUT2D eigenvalue weighted by atomic mass is 10.0. The van der Waals surface area contributed by atoms with Crippen molar-refractivity contribution < 1.29 is 9.13 Å². The number of ether oxygens (including phenoxy) is 1. The molecule has 0 fully saturated rings. The van der Waals surface area contributed by atoms with Crippen LogP contribution >= 0.6 is 27.3 Å². The van der Waals surface area contributed by atoms with Gasteiger partial charge in [0.05, 0.1) is 10.9 Å². The van der Waals surface area contributed by atoms with E-state index in [0.29, 0.717) is 11.3 Å². The van der Waals surface area contributed by atoms with E-state index in [9.17, 15) is 4.39 Å². The Labute approximate surface area is 131 Å². The Bertz CT molecular complexity index is 573. The molecular weight excluding hydrogens is 341 g/mol. The molecule has 0 bridgehead atoms. The third-order valence-corrected chi connectivity index (χ3v) is 4.71. The van der Waals surface area contributed by atoms with Gasteiger partial charge in [0.2, 0.25) is 0 Å². The van der Waals surface area contributed by atoms with Crippen molar-refractivity contribution in [3.63, 3.8) is 0 Å². The summed E-state index contributed by atoms with van der Waals surface area (Å²) in [6.07, 6.45) is 0.771. The summed E-state index contributed by atoms with van der Waals surface area (Å²) in [5.41, 5.74) is 0.678. The molecule has 0 saturated heterocycles. The van der Waals surface area contributed by atoms with Crippen molar-refractivity contribution in [2.24, 2.45) is 0 Å². The van der Waals surface area contributed by atoms with E-state index in [1.54, 1.807) is 30.6 Å². The van der Waals surface area contributed by atoms with Gasteiger partial charge in [0.1, 0.15) is 11.6 Å². The second-order valence-electron chi connectivity index (χ2n) is 4.41. The maximum absolute atomic E-state index is 14.2. The van der Waals surface area contributed by atoms with Gasteiger partial charge in [-0.1, -0.05) is 13.0 Å². The molecule has 1 aromatic carbocycles. The van der Waals surface area contributed by atoms with E-state index in [1.165, 1.54) is 10.9 Å². The molecule has 0 aliphatic heterocycles. The van der Waals surface area contributed by atoms with Crippen LogP contribution in [0.4, 0.5) is 4.39 Å². The zero-order valence-electron chi connectivity index (χ0n) is 11.5. The van der Waals surface area contributed by atoms with Crippen molar-refractivity contribution in [2.75, 3.05) is 13.7 Å². The van der Waals surface area contributed by atoms with Crippen molar-refractivity contribution in [2.45, 2.75) is 19.4 Å². The van der Waals surface area contributed by atoms with Crippen molar-refractivity contribution in [3.8, 4) is 5.75 Å². The average Bonchev–Trinajstić information content (AvgIpc) is 2.83. The van der Waals surface area contributed by atoms with E-state index < -0.39 is 0 Å². The van der Waals surface area contributed by atoms with Gasteiger partial charge in [-0.3, -0.25) is 0 Å². The first kappa shape index (κ1) is 15.5. The summed E-state index contributed by atoms with van der Waals surface area (Å²) < 4.78 is 20.3. The summed E-state index contributed by atoms with van der Waals surface area (Å²) in [5, 5.41) is 3.35. The number of likely N-dealkylation sites (N-methyl/N-ethyl adjacent to an activating group) is 1. The maximum atomic E-state index is 14.2. The number of thiophene rings is 1. The molecule has 1 aromatic heterocycles. The molecule has 108 valence electrons. The van der Waals surface area contributed by atoms with Crippen molar-refractivity contribution in [3.05, 3.63) is 50.4 Å². The molecule has 0 spiro atoms. The molecule has 2 rings (SSSR count). The van der Waals surface area contributed by atoms with Crippen LogP contribution in [0.2, 0.25) is 0 Å². The minimum absolute atomic E-state index is 0.0311. The highest BCUT2D eigenvalue weighted by atomic mass is 79.9. The van der Waals surface area contributed by atoms with E-state index in [2.05, 4.69) is 27.3 Å². The summed E-state index contributed by atoms with van der Waals surface area (Å²) in [5.74, 6) is 0.311. The van der Waals surface area contributed by atoms with Crippen LogP contribution in [0.15, 0.2) is 34.1 Å². The number of nitrogens with one attached hydrogen (secondary N) is 1. The lowest BCUT2D eigenvalue weighted by Gasteiger charge is -2.18. The number of hydrogen-bond donors (Lipinski definition) is 1. The van der Waals surface area contributed by atoms with Gasteiger partial charge in [0, 0.05) is 29.0 Å². The fourth-order valence-electron chi connectivity index (χ4n) is 2.12. The van der Waals surface area contributed by atoms with Crippen LogP contribution < -0.4 is 10.1 Å². The highest BCUT2D eigenvalue weighted by Gasteiger charge is 2.17. The lowest BCUT2D eigenvalue weighted by Crippen LogP contribution is -2.23. The average molecular weight is 358 g/mol. The SMILES string of the molecule is CCNC(Cc1ccc(Br)s1)c1ccc(OC)cc1F. The molecular formula is C15H17BrFNOS. The first-order valence-corrected chi connectivity index (χ1v) is 8.06. The topological polar surface area (TPSA) is 21.3 Å². The first-order valence-electron chi connectivity index (χ1n) is 6.45. The Hall–Kier alpha value is -0.910. The predicted molar refractivity (Wildman–Crippen MR) is 85.1 cm³/mol. The molecule has 0 aliphatic carbocycles. The quantitative estimate of drug-likeness (QED) is 0.818. The van der Waals surface area contributed by atoms with Gasteiger partial charge in [-0.2, -0.15) is 0 Å². The molecule has 1 heterocycles. The first-order chi connectivity index (χ1) is 9.63. The van der Waals surface area contributed by atoms with Crippen molar-refractivity contribution in [1.29, 1.82) is 0 Å². The van der Waals surface area contributed by atoms with E-state index in [-0.39, 0.29) is 11.9 Å². The zero-order chi connectivity index (χ0) is 14.5. The Morgan fingerprint density at radius 1 is 1.35 bits per heavy atom. The zero-order valence-corrected chi connectivity index (χ0v) is 13.9. The second-order valence-corrected chi connectivity index (χ2v) is 6.96. The van der Waals surface area contributed by atoms with Crippen LogP contribution in [0.1, 0.15) is 23.4 Å². The fraction of sp³-hybridized carbons (Fsp3) is 0.333. The number of hydrogen-bond acceptors (Lipinski definition) is 3.